The molecule has 140 valence electrons. The number of hydrogen-bond donors (Lipinski definition) is 2. The number of ether oxygens (including phenoxy) is 1. The molecule has 1 aliphatic rings. The van der Waals surface area contributed by atoms with E-state index >= 15 is 0 Å². The molecule has 2 rings (SSSR count). The maximum absolute atomic E-state index is 9.10. The van der Waals surface area contributed by atoms with Crippen LogP contribution in [0, 0.1) is 0 Å². The van der Waals surface area contributed by atoms with Crippen LogP contribution in [0.4, 0.5) is 0 Å². The first-order valence-corrected chi connectivity index (χ1v) is 8.42. The zero-order valence-electron chi connectivity index (χ0n) is 15.1. The number of piperazine rings is 1. The second-order valence-electron chi connectivity index (χ2n) is 6.03. The Morgan fingerprint density at radius 1 is 1.16 bits per heavy atom. The van der Waals surface area contributed by atoms with Crippen molar-refractivity contribution in [3.63, 3.8) is 0 Å². The largest absolute Gasteiger partial charge is 0.497 e. The van der Waals surface area contributed by atoms with E-state index in [-0.39, 0.29) is 0 Å². The summed E-state index contributed by atoms with van der Waals surface area (Å²) in [4.78, 5) is 23.3. The molecule has 0 amide bonds. The van der Waals surface area contributed by atoms with Crippen molar-refractivity contribution in [1.29, 1.82) is 0 Å². The van der Waals surface area contributed by atoms with Crippen molar-refractivity contribution >= 4 is 11.9 Å². The van der Waals surface area contributed by atoms with Crippen LogP contribution in [0.5, 0.6) is 5.75 Å². The van der Waals surface area contributed by atoms with Crippen LogP contribution in [-0.2, 0) is 16.1 Å². The Balaban J connectivity index is 0.000000450. The van der Waals surface area contributed by atoms with E-state index in [0.717, 1.165) is 18.3 Å². The summed E-state index contributed by atoms with van der Waals surface area (Å²) in [5.74, 6) is -2.69. The summed E-state index contributed by atoms with van der Waals surface area (Å²) >= 11 is 0. The molecular weight excluding hydrogens is 324 g/mol. The summed E-state index contributed by atoms with van der Waals surface area (Å²) < 4.78 is 5.28. The van der Waals surface area contributed by atoms with Gasteiger partial charge in [0, 0.05) is 38.8 Å². The molecule has 1 aromatic rings. The van der Waals surface area contributed by atoms with Crippen LogP contribution in [0.25, 0.3) is 0 Å². The van der Waals surface area contributed by atoms with Gasteiger partial charge >= 0.3 is 11.9 Å². The lowest BCUT2D eigenvalue weighted by Crippen LogP contribution is -2.48. The van der Waals surface area contributed by atoms with E-state index in [1.165, 1.54) is 38.2 Å². The molecule has 2 N–H and O–H groups in total. The first-order valence-electron chi connectivity index (χ1n) is 8.42. The summed E-state index contributed by atoms with van der Waals surface area (Å²) in [5, 5.41) is 14.8. The van der Waals surface area contributed by atoms with Crippen LogP contribution in [0.2, 0.25) is 0 Å². The van der Waals surface area contributed by atoms with Crippen molar-refractivity contribution < 1.29 is 24.5 Å². The number of hydrogen-bond acceptors (Lipinski definition) is 5. The molecule has 1 saturated heterocycles. The highest BCUT2D eigenvalue weighted by Crippen LogP contribution is 2.16. The first kappa shape index (κ1) is 20.9. The minimum Gasteiger partial charge on any atom is -0.497 e. The van der Waals surface area contributed by atoms with E-state index in [4.69, 9.17) is 24.5 Å². The average molecular weight is 352 g/mol. The molecule has 1 heterocycles. The molecule has 0 aliphatic carbocycles. The Hall–Kier alpha value is -2.12. The number of benzene rings is 1. The number of rotatable bonds is 5. The SMILES string of the molecule is CCC(C)N1CCN(Cc2cccc(OC)c2)CC1.O=C(O)C(=O)O. The van der Waals surface area contributed by atoms with E-state index in [1.54, 1.807) is 7.11 Å². The maximum Gasteiger partial charge on any atom is 0.414 e. The molecule has 1 fully saturated rings. The van der Waals surface area contributed by atoms with Gasteiger partial charge in [0.05, 0.1) is 7.11 Å². The quantitative estimate of drug-likeness (QED) is 0.781. The molecule has 0 aromatic heterocycles. The fraction of sp³-hybridized carbons (Fsp3) is 0.556. The predicted molar refractivity (Wildman–Crippen MR) is 94.9 cm³/mol. The van der Waals surface area contributed by atoms with Crippen LogP contribution >= 0.6 is 0 Å². The van der Waals surface area contributed by atoms with Crippen molar-refractivity contribution in [2.45, 2.75) is 32.9 Å². The highest BCUT2D eigenvalue weighted by Gasteiger charge is 2.19. The third-order valence-corrected chi connectivity index (χ3v) is 4.34. The molecule has 1 atom stereocenters. The van der Waals surface area contributed by atoms with E-state index < -0.39 is 11.9 Å². The molecule has 0 bridgehead atoms. The Kier molecular flexibility index (Phi) is 8.94. The Morgan fingerprint density at radius 3 is 2.24 bits per heavy atom. The lowest BCUT2D eigenvalue weighted by Gasteiger charge is -2.37. The van der Waals surface area contributed by atoms with Crippen LogP contribution in [0.1, 0.15) is 25.8 Å². The topological polar surface area (TPSA) is 90.3 Å². The first-order chi connectivity index (χ1) is 11.9. The normalized spacial score (nSPS) is 16.4. The Labute approximate surface area is 148 Å². The molecule has 0 radical (unpaired) electrons. The summed E-state index contributed by atoms with van der Waals surface area (Å²) in [5.41, 5.74) is 1.34. The van der Waals surface area contributed by atoms with Crippen LogP contribution in [-0.4, -0.2) is 71.3 Å². The monoisotopic (exact) mass is 352 g/mol. The summed E-state index contributed by atoms with van der Waals surface area (Å²) in [6, 6.07) is 9.12. The Bertz CT molecular complexity index is 544. The molecule has 0 spiro atoms. The van der Waals surface area contributed by atoms with Gasteiger partial charge < -0.3 is 14.9 Å². The van der Waals surface area contributed by atoms with Crippen molar-refractivity contribution in [3.05, 3.63) is 29.8 Å². The fourth-order valence-electron chi connectivity index (χ4n) is 2.65. The number of carbonyl (C=O) groups is 2. The number of aliphatic carboxylic acids is 2. The van der Waals surface area contributed by atoms with Gasteiger partial charge in [0.25, 0.3) is 0 Å². The van der Waals surface area contributed by atoms with Crippen molar-refractivity contribution in [3.8, 4) is 5.75 Å². The highest BCUT2D eigenvalue weighted by atomic mass is 16.5. The predicted octanol–water partition coefficient (Wildman–Crippen LogP) is 1.77. The van der Waals surface area contributed by atoms with Gasteiger partial charge in [-0.05, 0) is 31.0 Å². The molecule has 7 heteroatoms. The highest BCUT2D eigenvalue weighted by molar-refractivity contribution is 6.27. The van der Waals surface area contributed by atoms with Crippen LogP contribution < -0.4 is 4.74 Å². The molecule has 7 nitrogen and oxygen atoms in total. The third kappa shape index (κ3) is 7.53. The lowest BCUT2D eigenvalue weighted by molar-refractivity contribution is -0.159. The third-order valence-electron chi connectivity index (χ3n) is 4.34. The van der Waals surface area contributed by atoms with Crippen molar-refractivity contribution in [2.75, 3.05) is 33.3 Å². The summed E-state index contributed by atoms with van der Waals surface area (Å²) in [6.07, 6.45) is 1.25. The summed E-state index contributed by atoms with van der Waals surface area (Å²) in [7, 11) is 1.73. The van der Waals surface area contributed by atoms with E-state index in [0.29, 0.717) is 0 Å². The second kappa shape index (κ2) is 10.7. The van der Waals surface area contributed by atoms with Crippen molar-refractivity contribution in [1.82, 2.24) is 9.80 Å². The smallest absolute Gasteiger partial charge is 0.414 e. The van der Waals surface area contributed by atoms with E-state index in [1.807, 2.05) is 6.07 Å². The minimum absolute atomic E-state index is 0.721. The minimum atomic E-state index is -1.82. The molecular formula is C18H28N2O5. The van der Waals surface area contributed by atoms with Gasteiger partial charge in [-0.3, -0.25) is 9.80 Å². The molecule has 1 unspecified atom stereocenters. The van der Waals surface area contributed by atoms with Crippen LogP contribution in [0.3, 0.4) is 0 Å². The average Bonchev–Trinajstić information content (AvgIpc) is 2.62. The number of nitrogens with zero attached hydrogens (tertiary/aromatic N) is 2. The van der Waals surface area contributed by atoms with E-state index in [2.05, 4.69) is 41.8 Å². The van der Waals surface area contributed by atoms with Gasteiger partial charge in [0.2, 0.25) is 0 Å². The van der Waals surface area contributed by atoms with E-state index in [9.17, 15) is 0 Å². The number of methoxy groups -OCH3 is 1. The van der Waals surface area contributed by atoms with Crippen LogP contribution in [0.15, 0.2) is 24.3 Å². The van der Waals surface area contributed by atoms with Gasteiger partial charge in [-0.1, -0.05) is 19.1 Å². The van der Waals surface area contributed by atoms with Gasteiger partial charge in [0.15, 0.2) is 0 Å². The number of carboxylic acids is 2. The zero-order valence-corrected chi connectivity index (χ0v) is 15.1. The van der Waals surface area contributed by atoms with Crippen molar-refractivity contribution in [2.24, 2.45) is 0 Å². The molecule has 25 heavy (non-hydrogen) atoms. The zero-order chi connectivity index (χ0) is 18.8. The molecule has 1 aromatic carbocycles. The maximum atomic E-state index is 9.10. The second-order valence-corrected chi connectivity index (χ2v) is 6.03. The van der Waals surface area contributed by atoms with Gasteiger partial charge in [-0.25, -0.2) is 9.59 Å². The van der Waals surface area contributed by atoms with Gasteiger partial charge in [0.1, 0.15) is 5.75 Å². The standard InChI is InChI=1S/C16H26N2O.C2H2O4/c1-4-14(2)18-10-8-17(9-11-18)13-15-6-5-7-16(12-15)19-3;3-1(4)2(5)6/h5-7,12,14H,4,8-11,13H2,1-3H3;(H,3,4)(H,5,6). The molecule has 1 aliphatic heterocycles. The summed E-state index contributed by atoms with van der Waals surface area (Å²) in [6.45, 7) is 10.4. The Morgan fingerprint density at radius 2 is 1.76 bits per heavy atom. The fourth-order valence-corrected chi connectivity index (χ4v) is 2.65. The molecule has 0 saturated carbocycles. The van der Waals surface area contributed by atoms with Gasteiger partial charge in [-0.15, -0.1) is 0 Å². The number of carboxylic acid groups (broad SMARTS) is 2. The van der Waals surface area contributed by atoms with Gasteiger partial charge in [-0.2, -0.15) is 0 Å². The lowest BCUT2D eigenvalue weighted by atomic mass is 10.1.